The van der Waals surface area contributed by atoms with Crippen LogP contribution in [0.15, 0.2) is 35.6 Å². The standard InChI is InChI=1S/C15H17N3OS/c1-10-5-4-6-11(2)14(10)18-13(19)9-20-15-16-8-7-12(3)17-15/h4-8H,9H2,1-3H3,(H,18,19). The molecule has 1 aromatic heterocycles. The molecule has 0 bridgehead atoms. The molecule has 0 saturated heterocycles. The van der Waals surface area contributed by atoms with Gasteiger partial charge in [-0.3, -0.25) is 4.79 Å². The van der Waals surface area contributed by atoms with Crippen LogP contribution in [0, 0.1) is 20.8 Å². The number of carbonyl (C=O) groups excluding carboxylic acids is 1. The SMILES string of the molecule is Cc1ccnc(SCC(=O)Nc2c(C)cccc2C)n1. The van der Waals surface area contributed by atoms with E-state index in [2.05, 4.69) is 15.3 Å². The van der Waals surface area contributed by atoms with Gasteiger partial charge in [0.05, 0.1) is 5.75 Å². The van der Waals surface area contributed by atoms with Crippen LogP contribution in [0.25, 0.3) is 0 Å². The molecular formula is C15H17N3OS. The number of anilines is 1. The maximum absolute atomic E-state index is 12.0. The Hall–Kier alpha value is -1.88. The van der Waals surface area contributed by atoms with Crippen LogP contribution in [-0.2, 0) is 4.79 Å². The van der Waals surface area contributed by atoms with Crippen LogP contribution in [0.1, 0.15) is 16.8 Å². The fourth-order valence-electron chi connectivity index (χ4n) is 1.81. The lowest BCUT2D eigenvalue weighted by Crippen LogP contribution is -2.16. The molecule has 104 valence electrons. The van der Waals surface area contributed by atoms with Crippen LogP contribution >= 0.6 is 11.8 Å². The topological polar surface area (TPSA) is 54.9 Å². The summed E-state index contributed by atoms with van der Waals surface area (Å²) in [5.74, 6) is 0.259. The molecule has 0 atom stereocenters. The molecule has 1 heterocycles. The predicted molar refractivity (Wildman–Crippen MR) is 82.0 cm³/mol. The number of aromatic nitrogens is 2. The third-order valence-corrected chi connectivity index (χ3v) is 3.71. The van der Waals surface area contributed by atoms with E-state index in [-0.39, 0.29) is 5.91 Å². The van der Waals surface area contributed by atoms with Gasteiger partial charge in [0.1, 0.15) is 0 Å². The average Bonchev–Trinajstić information content (AvgIpc) is 2.41. The van der Waals surface area contributed by atoms with E-state index in [4.69, 9.17) is 0 Å². The number of rotatable bonds is 4. The number of benzene rings is 1. The molecule has 0 aliphatic carbocycles. The van der Waals surface area contributed by atoms with Gasteiger partial charge in [-0.15, -0.1) is 0 Å². The minimum Gasteiger partial charge on any atom is -0.325 e. The van der Waals surface area contributed by atoms with Crippen molar-refractivity contribution in [3.05, 3.63) is 47.3 Å². The Kier molecular flexibility index (Phi) is 4.74. The monoisotopic (exact) mass is 287 g/mol. The van der Waals surface area contributed by atoms with Crippen LogP contribution in [0.2, 0.25) is 0 Å². The van der Waals surface area contributed by atoms with Crippen LogP contribution in [-0.4, -0.2) is 21.6 Å². The Bertz CT molecular complexity index is 608. The molecule has 5 heteroatoms. The highest BCUT2D eigenvalue weighted by Crippen LogP contribution is 2.20. The van der Waals surface area contributed by atoms with E-state index in [9.17, 15) is 4.79 Å². The predicted octanol–water partition coefficient (Wildman–Crippen LogP) is 3.13. The van der Waals surface area contributed by atoms with Gasteiger partial charge in [-0.2, -0.15) is 0 Å². The first-order valence-corrected chi connectivity index (χ1v) is 7.33. The first-order chi connectivity index (χ1) is 9.56. The molecule has 0 radical (unpaired) electrons. The molecule has 0 unspecified atom stereocenters. The molecule has 2 aromatic rings. The van der Waals surface area contributed by atoms with Crippen LogP contribution in [0.4, 0.5) is 5.69 Å². The molecule has 1 aromatic carbocycles. The van der Waals surface area contributed by atoms with E-state index in [1.54, 1.807) is 6.20 Å². The highest BCUT2D eigenvalue weighted by Gasteiger charge is 2.08. The second-order valence-electron chi connectivity index (χ2n) is 4.58. The Morgan fingerprint density at radius 1 is 1.20 bits per heavy atom. The van der Waals surface area contributed by atoms with Gasteiger partial charge in [-0.1, -0.05) is 30.0 Å². The van der Waals surface area contributed by atoms with Gasteiger partial charge in [-0.05, 0) is 38.0 Å². The van der Waals surface area contributed by atoms with Crippen molar-refractivity contribution in [2.24, 2.45) is 0 Å². The first kappa shape index (κ1) is 14.5. The summed E-state index contributed by atoms with van der Waals surface area (Å²) in [4.78, 5) is 20.4. The summed E-state index contributed by atoms with van der Waals surface area (Å²) in [5, 5.41) is 3.57. The molecule has 0 aliphatic rings. The minimum atomic E-state index is -0.0440. The molecule has 0 aliphatic heterocycles. The van der Waals surface area contributed by atoms with E-state index in [0.29, 0.717) is 10.9 Å². The van der Waals surface area contributed by atoms with Gasteiger partial charge in [0.15, 0.2) is 5.16 Å². The van der Waals surface area contributed by atoms with E-state index < -0.39 is 0 Å². The largest absolute Gasteiger partial charge is 0.325 e. The summed E-state index contributed by atoms with van der Waals surface area (Å²) >= 11 is 1.34. The van der Waals surface area contributed by atoms with Crippen molar-refractivity contribution in [1.82, 2.24) is 9.97 Å². The fourth-order valence-corrected chi connectivity index (χ4v) is 2.49. The first-order valence-electron chi connectivity index (χ1n) is 6.35. The summed E-state index contributed by atoms with van der Waals surface area (Å²) < 4.78 is 0. The summed E-state index contributed by atoms with van der Waals surface area (Å²) in [6.07, 6.45) is 1.70. The Morgan fingerprint density at radius 2 is 1.90 bits per heavy atom. The van der Waals surface area contributed by atoms with Crippen molar-refractivity contribution in [2.45, 2.75) is 25.9 Å². The number of carbonyl (C=O) groups is 1. The summed E-state index contributed by atoms with van der Waals surface area (Å²) in [5.41, 5.74) is 3.92. The number of thioether (sulfide) groups is 1. The molecule has 2 rings (SSSR count). The van der Waals surface area contributed by atoms with Crippen molar-refractivity contribution in [1.29, 1.82) is 0 Å². The molecular weight excluding hydrogens is 270 g/mol. The summed E-state index contributed by atoms with van der Waals surface area (Å²) in [6.45, 7) is 5.88. The Morgan fingerprint density at radius 3 is 2.55 bits per heavy atom. The molecule has 20 heavy (non-hydrogen) atoms. The highest BCUT2D eigenvalue weighted by atomic mass is 32.2. The molecule has 0 saturated carbocycles. The van der Waals surface area contributed by atoms with Gasteiger partial charge in [-0.25, -0.2) is 9.97 Å². The second-order valence-corrected chi connectivity index (χ2v) is 5.53. The van der Waals surface area contributed by atoms with Gasteiger partial charge in [0.2, 0.25) is 5.91 Å². The lowest BCUT2D eigenvalue weighted by atomic mass is 10.1. The van der Waals surface area contributed by atoms with E-state index in [1.807, 2.05) is 45.0 Å². The van der Waals surface area contributed by atoms with Crippen molar-refractivity contribution in [2.75, 3.05) is 11.1 Å². The number of hydrogen-bond acceptors (Lipinski definition) is 4. The molecule has 1 N–H and O–H groups in total. The van der Waals surface area contributed by atoms with Gasteiger partial charge in [0.25, 0.3) is 0 Å². The molecule has 0 fully saturated rings. The smallest absolute Gasteiger partial charge is 0.234 e. The Labute approximate surface area is 123 Å². The van der Waals surface area contributed by atoms with Crippen molar-refractivity contribution >= 4 is 23.4 Å². The zero-order valence-corrected chi connectivity index (χ0v) is 12.6. The quantitative estimate of drug-likeness (QED) is 0.693. The average molecular weight is 287 g/mol. The molecule has 4 nitrogen and oxygen atoms in total. The maximum atomic E-state index is 12.0. The van der Waals surface area contributed by atoms with Crippen LogP contribution in [0.5, 0.6) is 0 Å². The number of amides is 1. The van der Waals surface area contributed by atoms with E-state index in [1.165, 1.54) is 11.8 Å². The number of nitrogens with zero attached hydrogens (tertiary/aromatic N) is 2. The van der Waals surface area contributed by atoms with Crippen molar-refractivity contribution in [3.63, 3.8) is 0 Å². The van der Waals surface area contributed by atoms with Crippen LogP contribution < -0.4 is 5.32 Å². The Balaban J connectivity index is 1.96. The lowest BCUT2D eigenvalue weighted by Gasteiger charge is -2.11. The minimum absolute atomic E-state index is 0.0440. The maximum Gasteiger partial charge on any atom is 0.234 e. The van der Waals surface area contributed by atoms with Gasteiger partial charge >= 0.3 is 0 Å². The number of nitrogens with one attached hydrogen (secondary N) is 1. The zero-order valence-electron chi connectivity index (χ0n) is 11.8. The van der Waals surface area contributed by atoms with Gasteiger partial charge < -0.3 is 5.32 Å². The van der Waals surface area contributed by atoms with Gasteiger partial charge in [0, 0.05) is 17.6 Å². The molecule has 1 amide bonds. The normalized spacial score (nSPS) is 10.3. The summed E-state index contributed by atoms with van der Waals surface area (Å²) in [7, 11) is 0. The zero-order chi connectivity index (χ0) is 14.5. The van der Waals surface area contributed by atoms with Crippen LogP contribution in [0.3, 0.4) is 0 Å². The highest BCUT2D eigenvalue weighted by molar-refractivity contribution is 7.99. The number of hydrogen-bond donors (Lipinski definition) is 1. The van der Waals surface area contributed by atoms with E-state index >= 15 is 0 Å². The second kappa shape index (κ2) is 6.52. The number of para-hydroxylation sites is 1. The fraction of sp³-hybridized carbons (Fsp3) is 0.267. The lowest BCUT2D eigenvalue weighted by molar-refractivity contribution is -0.113. The third-order valence-electron chi connectivity index (χ3n) is 2.85. The molecule has 0 spiro atoms. The van der Waals surface area contributed by atoms with Crippen molar-refractivity contribution < 1.29 is 4.79 Å². The summed E-state index contributed by atoms with van der Waals surface area (Å²) in [6, 6.07) is 7.79. The number of aryl methyl sites for hydroxylation is 3. The van der Waals surface area contributed by atoms with E-state index in [0.717, 1.165) is 22.5 Å². The third kappa shape index (κ3) is 3.81. The van der Waals surface area contributed by atoms with Crippen molar-refractivity contribution in [3.8, 4) is 0 Å².